The number of amides is 2. The Hall–Kier alpha value is -1.93. The third-order valence-electron chi connectivity index (χ3n) is 8.77. The molecule has 1 N–H and O–H groups in total. The van der Waals surface area contributed by atoms with Crippen molar-refractivity contribution in [1.82, 2.24) is 9.80 Å². The topological polar surface area (TPSA) is 96.4 Å². The number of carbonyl (C=O) groups excluding carboxylic acids is 3. The van der Waals surface area contributed by atoms with Crippen molar-refractivity contribution in [2.24, 2.45) is 17.8 Å². The van der Waals surface area contributed by atoms with Crippen molar-refractivity contribution in [2.75, 3.05) is 26.3 Å². The van der Waals surface area contributed by atoms with Gasteiger partial charge in [0.2, 0.25) is 11.8 Å². The zero-order valence-corrected chi connectivity index (χ0v) is 20.8. The Balaban J connectivity index is 1.77. The van der Waals surface area contributed by atoms with E-state index in [2.05, 4.69) is 6.58 Å². The van der Waals surface area contributed by atoms with Crippen molar-refractivity contribution in [2.45, 2.75) is 89.0 Å². The summed E-state index contributed by atoms with van der Waals surface area (Å²) in [5, 5.41) is 9.51. The molecule has 3 heterocycles. The number of rotatable bonds is 9. The SMILES string of the molecule is C=CCN(C(=O)C1N(CCCO)C(=O)[C@@H]2[C@@H](C(=O)OCC)[C@]3(C)OC12CC3C)C1CCCCC1. The van der Waals surface area contributed by atoms with Gasteiger partial charge in [-0.3, -0.25) is 14.4 Å². The van der Waals surface area contributed by atoms with Crippen LogP contribution in [0.5, 0.6) is 0 Å². The van der Waals surface area contributed by atoms with Crippen LogP contribution in [-0.2, 0) is 23.9 Å². The minimum absolute atomic E-state index is 0.0124. The molecule has 8 heteroatoms. The lowest BCUT2D eigenvalue weighted by Gasteiger charge is -2.41. The van der Waals surface area contributed by atoms with Crippen LogP contribution >= 0.6 is 0 Å². The fourth-order valence-corrected chi connectivity index (χ4v) is 7.20. The number of hydrogen-bond donors (Lipinski definition) is 1. The normalized spacial score (nSPS) is 37.1. The maximum atomic E-state index is 14.3. The van der Waals surface area contributed by atoms with Crippen molar-refractivity contribution >= 4 is 17.8 Å². The molecule has 2 bridgehead atoms. The minimum atomic E-state index is -1.07. The van der Waals surface area contributed by atoms with E-state index in [4.69, 9.17) is 9.47 Å². The third kappa shape index (κ3) is 3.68. The van der Waals surface area contributed by atoms with Gasteiger partial charge in [0.15, 0.2) is 0 Å². The Morgan fingerprint density at radius 2 is 2.03 bits per heavy atom. The Bertz CT molecular complexity index is 826. The molecular formula is C26H40N2O6. The van der Waals surface area contributed by atoms with Gasteiger partial charge >= 0.3 is 5.97 Å². The summed E-state index contributed by atoms with van der Waals surface area (Å²) in [7, 11) is 0. The molecule has 4 aliphatic rings. The highest BCUT2D eigenvalue weighted by Crippen LogP contribution is 2.65. The van der Waals surface area contributed by atoms with Gasteiger partial charge in [-0.1, -0.05) is 32.3 Å². The number of likely N-dealkylation sites (tertiary alicyclic amines) is 1. The van der Waals surface area contributed by atoms with Gasteiger partial charge in [-0.05, 0) is 45.4 Å². The van der Waals surface area contributed by atoms with Crippen LogP contribution in [0, 0.1) is 17.8 Å². The average molecular weight is 477 g/mol. The van der Waals surface area contributed by atoms with E-state index in [1.54, 1.807) is 17.9 Å². The standard InChI is InChI=1S/C26H40N2O6/c1-5-13-27(18-11-8-7-9-12-18)23(31)21-26-16-17(3)25(4,34-26)20(24(32)33-6-2)19(26)22(30)28(21)14-10-15-29/h5,17-21,29H,1,6-16H2,2-4H3/t17?,19-,20-,21?,25+,26?/m0/s1. The number of ether oxygens (including phenoxy) is 2. The first-order valence-corrected chi connectivity index (χ1v) is 13.0. The van der Waals surface area contributed by atoms with E-state index in [9.17, 15) is 19.5 Å². The fraction of sp³-hybridized carbons (Fsp3) is 0.808. The highest BCUT2D eigenvalue weighted by molar-refractivity contribution is 5.98. The highest BCUT2D eigenvalue weighted by atomic mass is 16.6. The van der Waals surface area contributed by atoms with Gasteiger partial charge in [0.1, 0.15) is 17.6 Å². The molecule has 3 unspecified atom stereocenters. The smallest absolute Gasteiger partial charge is 0.312 e. The molecule has 3 saturated heterocycles. The first-order valence-electron chi connectivity index (χ1n) is 13.0. The summed E-state index contributed by atoms with van der Waals surface area (Å²) < 4.78 is 12.1. The van der Waals surface area contributed by atoms with Crippen molar-refractivity contribution in [3.8, 4) is 0 Å². The molecule has 4 rings (SSSR count). The maximum absolute atomic E-state index is 14.3. The lowest BCUT2D eigenvalue weighted by Crippen LogP contribution is -2.58. The van der Waals surface area contributed by atoms with Gasteiger partial charge in [-0.25, -0.2) is 0 Å². The van der Waals surface area contributed by atoms with E-state index in [-0.39, 0.29) is 43.5 Å². The van der Waals surface area contributed by atoms with E-state index in [1.807, 2.05) is 18.7 Å². The second-order valence-electron chi connectivity index (χ2n) is 10.6. The number of aliphatic hydroxyl groups excluding tert-OH is 1. The van der Waals surface area contributed by atoms with E-state index < -0.39 is 35.0 Å². The van der Waals surface area contributed by atoms with Crippen molar-refractivity contribution < 1.29 is 29.0 Å². The van der Waals surface area contributed by atoms with Gasteiger partial charge in [-0.2, -0.15) is 0 Å². The number of fused-ring (bicyclic) bond motifs is 1. The molecule has 6 atom stereocenters. The monoisotopic (exact) mass is 476 g/mol. The van der Waals surface area contributed by atoms with Crippen LogP contribution in [0.1, 0.15) is 65.7 Å². The average Bonchev–Trinajstić information content (AvgIpc) is 3.33. The number of esters is 1. The number of carbonyl (C=O) groups is 3. The molecule has 34 heavy (non-hydrogen) atoms. The summed E-state index contributed by atoms with van der Waals surface area (Å²) >= 11 is 0. The molecule has 1 spiro atoms. The third-order valence-corrected chi connectivity index (χ3v) is 8.77. The molecule has 3 aliphatic heterocycles. The molecule has 190 valence electrons. The van der Waals surface area contributed by atoms with Gasteiger partial charge in [0.25, 0.3) is 0 Å². The van der Waals surface area contributed by atoms with Crippen LogP contribution in [0.25, 0.3) is 0 Å². The Morgan fingerprint density at radius 1 is 1.32 bits per heavy atom. The van der Waals surface area contributed by atoms with Gasteiger partial charge in [-0.15, -0.1) is 6.58 Å². The molecule has 8 nitrogen and oxygen atoms in total. The van der Waals surface area contributed by atoms with Crippen LogP contribution in [0.2, 0.25) is 0 Å². The van der Waals surface area contributed by atoms with Crippen molar-refractivity contribution in [3.63, 3.8) is 0 Å². The van der Waals surface area contributed by atoms with Crippen LogP contribution in [0.15, 0.2) is 12.7 Å². The first kappa shape index (κ1) is 25.2. The second kappa shape index (κ2) is 9.61. The number of aliphatic hydroxyl groups is 1. The van der Waals surface area contributed by atoms with Crippen LogP contribution < -0.4 is 0 Å². The zero-order chi connectivity index (χ0) is 24.7. The van der Waals surface area contributed by atoms with E-state index in [0.717, 1.165) is 25.7 Å². The molecule has 1 saturated carbocycles. The molecule has 4 fully saturated rings. The van der Waals surface area contributed by atoms with Crippen LogP contribution in [0.4, 0.5) is 0 Å². The fourth-order valence-electron chi connectivity index (χ4n) is 7.20. The van der Waals surface area contributed by atoms with Gasteiger partial charge in [0.05, 0.1) is 18.1 Å². The lowest BCUT2D eigenvalue weighted by molar-refractivity contribution is -0.162. The molecule has 2 amide bonds. The van der Waals surface area contributed by atoms with E-state index in [0.29, 0.717) is 19.4 Å². The summed E-state index contributed by atoms with van der Waals surface area (Å²) in [6.07, 6.45) is 7.84. The summed E-state index contributed by atoms with van der Waals surface area (Å²) in [5.74, 6) is -2.30. The van der Waals surface area contributed by atoms with Gasteiger partial charge in [0, 0.05) is 25.7 Å². The summed E-state index contributed by atoms with van der Waals surface area (Å²) in [6, 6.07) is -0.709. The zero-order valence-electron chi connectivity index (χ0n) is 20.8. The summed E-state index contributed by atoms with van der Waals surface area (Å²) in [5.41, 5.74) is -1.93. The molecule has 0 aromatic carbocycles. The second-order valence-corrected chi connectivity index (χ2v) is 10.6. The van der Waals surface area contributed by atoms with Crippen molar-refractivity contribution in [3.05, 3.63) is 12.7 Å². The minimum Gasteiger partial charge on any atom is -0.466 e. The highest BCUT2D eigenvalue weighted by Gasteiger charge is 2.80. The summed E-state index contributed by atoms with van der Waals surface area (Å²) in [6.45, 7) is 10.4. The molecule has 0 aromatic rings. The van der Waals surface area contributed by atoms with Gasteiger partial charge < -0.3 is 24.4 Å². The first-order chi connectivity index (χ1) is 16.3. The number of hydrogen-bond acceptors (Lipinski definition) is 6. The van der Waals surface area contributed by atoms with E-state index >= 15 is 0 Å². The lowest BCUT2D eigenvalue weighted by atomic mass is 9.62. The Kier molecular flexibility index (Phi) is 7.11. The van der Waals surface area contributed by atoms with Crippen LogP contribution in [0.3, 0.4) is 0 Å². The maximum Gasteiger partial charge on any atom is 0.312 e. The quantitative estimate of drug-likeness (QED) is 0.405. The molecule has 0 radical (unpaired) electrons. The number of nitrogens with zero attached hydrogens (tertiary/aromatic N) is 2. The molecular weight excluding hydrogens is 436 g/mol. The largest absolute Gasteiger partial charge is 0.466 e. The van der Waals surface area contributed by atoms with E-state index in [1.165, 1.54) is 6.42 Å². The molecule has 1 aliphatic carbocycles. The Morgan fingerprint density at radius 3 is 2.65 bits per heavy atom. The Labute approximate surface area is 202 Å². The van der Waals surface area contributed by atoms with Crippen LogP contribution in [-0.4, -0.2) is 82.3 Å². The predicted octanol–water partition coefficient (Wildman–Crippen LogP) is 2.29. The predicted molar refractivity (Wildman–Crippen MR) is 126 cm³/mol. The summed E-state index contributed by atoms with van der Waals surface area (Å²) in [4.78, 5) is 44.8. The van der Waals surface area contributed by atoms with Crippen molar-refractivity contribution in [1.29, 1.82) is 0 Å². The molecule has 0 aromatic heterocycles.